The molecule has 1 saturated heterocycles. The van der Waals surface area contributed by atoms with Crippen molar-refractivity contribution < 1.29 is 17.6 Å². The summed E-state index contributed by atoms with van der Waals surface area (Å²) < 4.78 is 40.8. The highest BCUT2D eigenvalue weighted by Gasteiger charge is 2.34. The van der Waals surface area contributed by atoms with Crippen LogP contribution in [-0.4, -0.2) is 31.8 Å². The first-order chi connectivity index (χ1) is 11.9. The van der Waals surface area contributed by atoms with E-state index < -0.39 is 26.8 Å². The van der Waals surface area contributed by atoms with E-state index in [0.717, 1.165) is 24.5 Å². The number of thiophene rings is 1. The van der Waals surface area contributed by atoms with Crippen LogP contribution in [-0.2, 0) is 14.8 Å². The van der Waals surface area contributed by atoms with Crippen LogP contribution in [0.3, 0.4) is 0 Å². The summed E-state index contributed by atoms with van der Waals surface area (Å²) >= 11 is 1.57. The van der Waals surface area contributed by atoms with Gasteiger partial charge < -0.3 is 4.90 Å². The van der Waals surface area contributed by atoms with Crippen molar-refractivity contribution >= 4 is 27.3 Å². The molecule has 1 amide bonds. The second-order valence-corrected chi connectivity index (χ2v) is 8.48. The molecule has 0 spiro atoms. The largest absolute Gasteiger partial charge is 0.334 e. The third-order valence-electron chi connectivity index (χ3n) is 4.29. The van der Waals surface area contributed by atoms with E-state index in [2.05, 4.69) is 4.72 Å². The molecular weight excluding hydrogens is 363 g/mol. The van der Waals surface area contributed by atoms with Crippen molar-refractivity contribution in [3.8, 4) is 0 Å². The maximum absolute atomic E-state index is 13.8. The molecule has 1 aromatic carbocycles. The fourth-order valence-corrected chi connectivity index (χ4v) is 5.08. The van der Waals surface area contributed by atoms with Crippen LogP contribution < -0.4 is 4.72 Å². The highest BCUT2D eigenvalue weighted by atomic mass is 32.2. The first-order valence-electron chi connectivity index (χ1n) is 7.99. The van der Waals surface area contributed by atoms with E-state index in [9.17, 15) is 17.6 Å². The monoisotopic (exact) mass is 382 g/mol. The third kappa shape index (κ3) is 3.75. The zero-order chi connectivity index (χ0) is 18.0. The van der Waals surface area contributed by atoms with Gasteiger partial charge in [-0.25, -0.2) is 12.8 Å². The van der Waals surface area contributed by atoms with Crippen LogP contribution >= 0.6 is 11.3 Å². The van der Waals surface area contributed by atoms with Gasteiger partial charge in [0.2, 0.25) is 15.9 Å². The van der Waals surface area contributed by atoms with Crippen LogP contribution in [0.5, 0.6) is 0 Å². The minimum Gasteiger partial charge on any atom is -0.334 e. The highest BCUT2D eigenvalue weighted by molar-refractivity contribution is 7.89. The Hall–Kier alpha value is -1.77. The number of nitrogens with zero attached hydrogens (tertiary/aromatic N) is 1. The van der Waals surface area contributed by atoms with E-state index >= 15 is 0 Å². The maximum Gasteiger partial charge on any atom is 0.244 e. The van der Waals surface area contributed by atoms with Gasteiger partial charge in [0.25, 0.3) is 0 Å². The second-order valence-electron chi connectivity index (χ2n) is 6.02. The van der Waals surface area contributed by atoms with Gasteiger partial charge in [0.15, 0.2) is 0 Å². The lowest BCUT2D eigenvalue weighted by Gasteiger charge is -2.27. The lowest BCUT2D eigenvalue weighted by atomic mass is 10.1. The number of hydrogen-bond acceptors (Lipinski definition) is 4. The summed E-state index contributed by atoms with van der Waals surface area (Å²) in [5.74, 6) is -1.14. The van der Waals surface area contributed by atoms with Gasteiger partial charge in [-0.3, -0.25) is 4.79 Å². The quantitative estimate of drug-likeness (QED) is 0.865. The SMILES string of the molecule is C[C@H](NS(=O)(=O)c1ccccc1F)C(=O)N1CCC[C@H]1c1ccsc1. The summed E-state index contributed by atoms with van der Waals surface area (Å²) in [5, 5.41) is 3.96. The summed E-state index contributed by atoms with van der Waals surface area (Å²) in [6.07, 6.45) is 1.73. The van der Waals surface area contributed by atoms with Crippen molar-refractivity contribution in [2.24, 2.45) is 0 Å². The Morgan fingerprint density at radius 3 is 2.80 bits per heavy atom. The first kappa shape index (κ1) is 18.0. The predicted molar refractivity (Wildman–Crippen MR) is 94.2 cm³/mol. The van der Waals surface area contributed by atoms with Gasteiger partial charge in [-0.1, -0.05) is 12.1 Å². The van der Waals surface area contributed by atoms with Crippen molar-refractivity contribution in [1.29, 1.82) is 0 Å². The summed E-state index contributed by atoms with van der Waals surface area (Å²) in [4.78, 5) is 14.0. The van der Waals surface area contributed by atoms with Crippen LogP contribution in [0.25, 0.3) is 0 Å². The zero-order valence-electron chi connectivity index (χ0n) is 13.7. The molecule has 25 heavy (non-hydrogen) atoms. The Morgan fingerprint density at radius 2 is 2.12 bits per heavy atom. The van der Waals surface area contributed by atoms with Crippen LogP contribution in [0.2, 0.25) is 0 Å². The van der Waals surface area contributed by atoms with E-state index in [0.29, 0.717) is 6.54 Å². The third-order valence-corrected chi connectivity index (χ3v) is 6.57. The molecular formula is C17H19FN2O3S2. The molecule has 1 N–H and O–H groups in total. The second kappa shape index (κ2) is 7.23. The molecule has 1 aliphatic heterocycles. The van der Waals surface area contributed by atoms with E-state index in [1.807, 2.05) is 16.8 Å². The van der Waals surface area contributed by atoms with Crippen molar-refractivity contribution in [2.45, 2.75) is 36.7 Å². The molecule has 3 rings (SSSR count). The molecule has 2 aromatic rings. The Morgan fingerprint density at radius 1 is 1.36 bits per heavy atom. The fourth-order valence-electron chi connectivity index (χ4n) is 3.10. The van der Waals surface area contributed by atoms with Crippen LogP contribution in [0.1, 0.15) is 31.4 Å². The minimum absolute atomic E-state index is 0.0286. The van der Waals surface area contributed by atoms with E-state index in [1.165, 1.54) is 25.1 Å². The molecule has 134 valence electrons. The van der Waals surface area contributed by atoms with Gasteiger partial charge in [-0.15, -0.1) is 0 Å². The molecule has 0 aliphatic carbocycles. The molecule has 0 radical (unpaired) electrons. The van der Waals surface area contributed by atoms with Crippen molar-refractivity contribution in [1.82, 2.24) is 9.62 Å². The van der Waals surface area contributed by atoms with Crippen LogP contribution in [0, 0.1) is 5.82 Å². The Balaban J connectivity index is 1.75. The summed E-state index contributed by atoms with van der Waals surface area (Å²) in [6.45, 7) is 2.08. The molecule has 8 heteroatoms. The molecule has 0 bridgehead atoms. The average molecular weight is 382 g/mol. The maximum atomic E-state index is 13.8. The van der Waals surface area contributed by atoms with Crippen LogP contribution in [0.15, 0.2) is 46.0 Å². The molecule has 0 unspecified atom stereocenters. The Bertz CT molecular complexity index is 853. The average Bonchev–Trinajstić information content (AvgIpc) is 3.24. The molecule has 2 heterocycles. The van der Waals surface area contributed by atoms with Gasteiger partial charge >= 0.3 is 0 Å². The molecule has 0 saturated carbocycles. The van der Waals surface area contributed by atoms with Crippen molar-refractivity contribution in [3.05, 3.63) is 52.5 Å². The normalized spacial score (nSPS) is 19.1. The number of nitrogens with one attached hydrogen (secondary N) is 1. The standard InChI is InChI=1S/C17H19FN2O3S2/c1-12(19-25(22,23)16-7-3-2-5-14(16)18)17(21)20-9-4-6-15(20)13-8-10-24-11-13/h2-3,5,7-8,10-12,15,19H,4,6,9H2,1H3/t12-,15-/m0/s1. The Kier molecular flexibility index (Phi) is 5.21. The van der Waals surface area contributed by atoms with Gasteiger partial charge in [-0.2, -0.15) is 16.1 Å². The number of sulfonamides is 1. The number of carbonyl (C=O) groups excluding carboxylic acids is 1. The number of hydrogen-bond donors (Lipinski definition) is 1. The smallest absolute Gasteiger partial charge is 0.244 e. The number of amides is 1. The van der Waals surface area contributed by atoms with E-state index in [4.69, 9.17) is 0 Å². The zero-order valence-corrected chi connectivity index (χ0v) is 15.3. The fraction of sp³-hybridized carbons (Fsp3) is 0.353. The molecule has 2 atom stereocenters. The lowest BCUT2D eigenvalue weighted by Crippen LogP contribution is -2.46. The summed E-state index contributed by atoms with van der Waals surface area (Å²) in [5.41, 5.74) is 1.07. The van der Waals surface area contributed by atoms with Crippen molar-refractivity contribution in [3.63, 3.8) is 0 Å². The summed E-state index contributed by atoms with van der Waals surface area (Å²) in [7, 11) is -4.11. The topological polar surface area (TPSA) is 66.5 Å². The number of carbonyl (C=O) groups is 1. The first-order valence-corrected chi connectivity index (χ1v) is 10.4. The van der Waals surface area contributed by atoms with Gasteiger partial charge in [-0.05, 0) is 54.3 Å². The number of benzene rings is 1. The highest BCUT2D eigenvalue weighted by Crippen LogP contribution is 2.33. The summed E-state index contributed by atoms with van der Waals surface area (Å²) in [6, 6.07) is 6.10. The van der Waals surface area contributed by atoms with Crippen LogP contribution in [0.4, 0.5) is 4.39 Å². The molecule has 1 fully saturated rings. The number of likely N-dealkylation sites (tertiary alicyclic amines) is 1. The number of rotatable bonds is 5. The lowest BCUT2D eigenvalue weighted by molar-refractivity contribution is -0.133. The molecule has 1 aliphatic rings. The van der Waals surface area contributed by atoms with E-state index in [-0.39, 0.29) is 11.9 Å². The molecule has 1 aromatic heterocycles. The Labute approximate surface area is 150 Å². The van der Waals surface area contributed by atoms with Gasteiger partial charge in [0, 0.05) is 6.54 Å². The predicted octanol–water partition coefficient (Wildman–Crippen LogP) is 2.92. The molecule has 5 nitrogen and oxygen atoms in total. The minimum atomic E-state index is -4.11. The van der Waals surface area contributed by atoms with E-state index in [1.54, 1.807) is 16.2 Å². The van der Waals surface area contributed by atoms with Gasteiger partial charge in [0.1, 0.15) is 10.7 Å². The number of halogens is 1. The van der Waals surface area contributed by atoms with Crippen molar-refractivity contribution in [2.75, 3.05) is 6.54 Å². The van der Waals surface area contributed by atoms with Gasteiger partial charge in [0.05, 0.1) is 12.1 Å².